The molecule has 0 atom stereocenters. The Labute approximate surface area is 116 Å². The number of hydrogen-bond donors (Lipinski definition) is 3. The number of hydrogen-bond acceptors (Lipinski definition) is 4. The molecule has 7 heteroatoms. The molecule has 0 bridgehead atoms. The zero-order valence-corrected chi connectivity index (χ0v) is 11.4. The van der Waals surface area contributed by atoms with E-state index in [9.17, 15) is 4.79 Å². The minimum atomic E-state index is -1.09. The summed E-state index contributed by atoms with van der Waals surface area (Å²) in [5.74, 6) is -0.699. The molecular formula is C11H8BrN3O2S. The van der Waals surface area contributed by atoms with Crippen molar-refractivity contribution in [3.05, 3.63) is 45.0 Å². The molecule has 0 spiro atoms. The first-order valence-corrected chi connectivity index (χ1v) is 6.12. The topological polar surface area (TPSA) is 78.0 Å². The van der Waals surface area contributed by atoms with Gasteiger partial charge in [-0.1, -0.05) is 34.2 Å². The van der Waals surface area contributed by atoms with Gasteiger partial charge in [-0.3, -0.25) is 5.10 Å². The minimum absolute atomic E-state index is 0.0116. The number of anilines is 2. The number of nitrogens with zero attached hydrogens (tertiary/aromatic N) is 1. The normalized spacial score (nSPS) is 10.1. The van der Waals surface area contributed by atoms with Gasteiger partial charge in [0.05, 0.1) is 5.56 Å². The summed E-state index contributed by atoms with van der Waals surface area (Å²) in [4.78, 5) is 10.9. The highest BCUT2D eigenvalue weighted by atomic mass is 79.9. The number of nitrogens with one attached hydrogen (secondary N) is 2. The highest BCUT2D eigenvalue weighted by molar-refractivity contribution is 9.10. The second kappa shape index (κ2) is 5.28. The van der Waals surface area contributed by atoms with Gasteiger partial charge in [0, 0.05) is 16.2 Å². The molecular weight excluding hydrogens is 318 g/mol. The SMILES string of the molecule is O=C(O)c1cc(Nc2cccc(Br)c2)n[nH]c1=S. The number of carboxylic acid groups (broad SMARTS) is 1. The Hall–Kier alpha value is -1.73. The predicted octanol–water partition coefficient (Wildman–Crippen LogP) is 3.34. The van der Waals surface area contributed by atoms with Crippen molar-refractivity contribution >= 4 is 45.6 Å². The van der Waals surface area contributed by atoms with E-state index in [1.54, 1.807) is 0 Å². The number of benzene rings is 1. The molecule has 0 saturated carbocycles. The molecule has 3 N–H and O–H groups in total. The monoisotopic (exact) mass is 325 g/mol. The van der Waals surface area contributed by atoms with Crippen molar-refractivity contribution in [3.8, 4) is 0 Å². The number of aromatic amines is 1. The molecule has 92 valence electrons. The van der Waals surface area contributed by atoms with Gasteiger partial charge < -0.3 is 10.4 Å². The molecule has 0 amide bonds. The summed E-state index contributed by atoms with van der Waals surface area (Å²) < 4.78 is 1.01. The Morgan fingerprint density at radius 1 is 1.44 bits per heavy atom. The molecule has 0 aliphatic heterocycles. The Kier molecular flexibility index (Phi) is 3.73. The van der Waals surface area contributed by atoms with Crippen LogP contribution < -0.4 is 5.32 Å². The lowest BCUT2D eigenvalue weighted by molar-refractivity contribution is 0.0695. The maximum atomic E-state index is 10.9. The van der Waals surface area contributed by atoms with Crippen molar-refractivity contribution in [1.29, 1.82) is 0 Å². The van der Waals surface area contributed by atoms with E-state index in [0.29, 0.717) is 5.82 Å². The van der Waals surface area contributed by atoms with Crippen LogP contribution in [0.4, 0.5) is 11.5 Å². The van der Waals surface area contributed by atoms with Crippen LogP contribution in [-0.4, -0.2) is 21.3 Å². The maximum Gasteiger partial charge on any atom is 0.338 e. The molecule has 1 aromatic heterocycles. The van der Waals surface area contributed by atoms with Crippen LogP contribution in [0.5, 0.6) is 0 Å². The van der Waals surface area contributed by atoms with E-state index >= 15 is 0 Å². The molecule has 0 fully saturated rings. The quantitative estimate of drug-likeness (QED) is 0.754. The molecule has 0 aliphatic rings. The number of carbonyl (C=O) groups is 1. The molecule has 2 rings (SSSR count). The molecule has 0 aliphatic carbocycles. The fourth-order valence-corrected chi connectivity index (χ4v) is 1.93. The van der Waals surface area contributed by atoms with E-state index in [0.717, 1.165) is 10.2 Å². The highest BCUT2D eigenvalue weighted by Gasteiger charge is 2.08. The average molecular weight is 326 g/mol. The van der Waals surface area contributed by atoms with Crippen LogP contribution in [0.2, 0.25) is 0 Å². The number of carboxylic acids is 1. The smallest absolute Gasteiger partial charge is 0.338 e. The van der Waals surface area contributed by atoms with E-state index in [1.165, 1.54) is 6.07 Å². The van der Waals surface area contributed by atoms with Crippen molar-refractivity contribution in [1.82, 2.24) is 10.2 Å². The third-order valence-electron chi connectivity index (χ3n) is 2.13. The summed E-state index contributed by atoms with van der Waals surface area (Å²) in [6.45, 7) is 0. The van der Waals surface area contributed by atoms with Crippen LogP contribution in [0.15, 0.2) is 34.8 Å². The fraction of sp³-hybridized carbons (Fsp3) is 0. The van der Waals surface area contributed by atoms with Gasteiger partial charge >= 0.3 is 5.97 Å². The summed E-state index contributed by atoms with van der Waals surface area (Å²) in [5, 5.41) is 18.4. The van der Waals surface area contributed by atoms with Gasteiger partial charge in [0.25, 0.3) is 0 Å². The first-order valence-electron chi connectivity index (χ1n) is 4.92. The minimum Gasteiger partial charge on any atom is -0.478 e. The molecule has 2 aromatic rings. The molecule has 0 radical (unpaired) electrons. The van der Waals surface area contributed by atoms with E-state index < -0.39 is 5.97 Å². The summed E-state index contributed by atoms with van der Waals surface area (Å²) in [5.41, 5.74) is 0.802. The Balaban J connectivity index is 2.33. The maximum absolute atomic E-state index is 10.9. The van der Waals surface area contributed by atoms with Gasteiger partial charge in [-0.15, -0.1) is 0 Å². The van der Waals surface area contributed by atoms with Gasteiger partial charge in [0.1, 0.15) is 4.64 Å². The lowest BCUT2D eigenvalue weighted by atomic mass is 10.3. The van der Waals surface area contributed by atoms with Crippen LogP contribution in [0.3, 0.4) is 0 Å². The Morgan fingerprint density at radius 3 is 2.89 bits per heavy atom. The summed E-state index contributed by atoms with van der Waals surface area (Å²) in [6.07, 6.45) is 0. The zero-order chi connectivity index (χ0) is 13.1. The van der Waals surface area contributed by atoms with E-state index in [-0.39, 0.29) is 10.2 Å². The van der Waals surface area contributed by atoms with Crippen LogP contribution in [-0.2, 0) is 0 Å². The molecule has 1 aromatic carbocycles. The van der Waals surface area contributed by atoms with Crippen LogP contribution in [0.25, 0.3) is 0 Å². The van der Waals surface area contributed by atoms with Crippen LogP contribution >= 0.6 is 28.1 Å². The van der Waals surface area contributed by atoms with Crippen LogP contribution in [0.1, 0.15) is 10.4 Å². The third kappa shape index (κ3) is 2.93. The lowest BCUT2D eigenvalue weighted by Gasteiger charge is -2.06. The van der Waals surface area contributed by atoms with E-state index in [1.807, 2.05) is 24.3 Å². The van der Waals surface area contributed by atoms with Crippen molar-refractivity contribution in [2.45, 2.75) is 0 Å². The fourth-order valence-electron chi connectivity index (χ4n) is 1.34. The van der Waals surface area contributed by atoms with Gasteiger partial charge in [-0.05, 0) is 18.2 Å². The number of halogens is 1. The van der Waals surface area contributed by atoms with Gasteiger partial charge in [-0.25, -0.2) is 4.79 Å². The van der Waals surface area contributed by atoms with Crippen molar-refractivity contribution in [2.24, 2.45) is 0 Å². The number of rotatable bonds is 3. The van der Waals surface area contributed by atoms with Crippen molar-refractivity contribution in [2.75, 3.05) is 5.32 Å². The number of aromatic nitrogens is 2. The van der Waals surface area contributed by atoms with Gasteiger partial charge in [0.2, 0.25) is 0 Å². The first-order chi connectivity index (χ1) is 8.56. The molecule has 0 saturated heterocycles. The van der Waals surface area contributed by atoms with Crippen LogP contribution in [0, 0.1) is 4.64 Å². The second-order valence-electron chi connectivity index (χ2n) is 3.44. The summed E-state index contributed by atoms with van der Waals surface area (Å²) in [7, 11) is 0. The van der Waals surface area contributed by atoms with Crippen molar-refractivity contribution < 1.29 is 9.90 Å². The highest BCUT2D eigenvalue weighted by Crippen LogP contribution is 2.19. The number of H-pyrrole nitrogens is 1. The zero-order valence-electron chi connectivity index (χ0n) is 8.98. The van der Waals surface area contributed by atoms with Crippen molar-refractivity contribution in [3.63, 3.8) is 0 Å². The predicted molar refractivity (Wildman–Crippen MR) is 73.8 cm³/mol. The second-order valence-corrected chi connectivity index (χ2v) is 4.76. The Bertz CT molecular complexity index is 657. The molecule has 18 heavy (non-hydrogen) atoms. The Morgan fingerprint density at radius 2 is 2.22 bits per heavy atom. The van der Waals surface area contributed by atoms with Gasteiger partial charge in [-0.2, -0.15) is 5.10 Å². The lowest BCUT2D eigenvalue weighted by Crippen LogP contribution is -2.03. The van der Waals surface area contributed by atoms with Gasteiger partial charge in [0.15, 0.2) is 5.82 Å². The summed E-state index contributed by atoms with van der Waals surface area (Å²) in [6, 6.07) is 8.83. The first kappa shape index (κ1) is 12.7. The molecule has 0 unspecified atom stereocenters. The average Bonchev–Trinajstić information content (AvgIpc) is 2.31. The molecule has 1 heterocycles. The number of aromatic carboxylic acids is 1. The van der Waals surface area contributed by atoms with E-state index in [2.05, 4.69) is 31.4 Å². The third-order valence-corrected chi connectivity index (χ3v) is 2.94. The molecule has 5 nitrogen and oxygen atoms in total. The standard InChI is InChI=1S/C11H8BrN3O2S/c12-6-2-1-3-7(4-6)13-9-5-8(11(16)17)10(18)15-14-9/h1-5H,(H,13,14)(H,15,18)(H,16,17). The van der Waals surface area contributed by atoms with E-state index in [4.69, 9.17) is 17.3 Å². The largest absolute Gasteiger partial charge is 0.478 e. The summed E-state index contributed by atoms with van der Waals surface area (Å²) >= 11 is 8.18.